The fourth-order valence-electron chi connectivity index (χ4n) is 2.29. The van der Waals surface area contributed by atoms with E-state index in [1.807, 2.05) is 25.1 Å². The summed E-state index contributed by atoms with van der Waals surface area (Å²) < 4.78 is 0. The van der Waals surface area contributed by atoms with Crippen molar-refractivity contribution in [2.24, 2.45) is 0 Å². The fraction of sp³-hybridized carbons (Fsp3) is 0.562. The Kier molecular flexibility index (Phi) is 7.73. The molecule has 0 aromatic heterocycles. The highest BCUT2D eigenvalue weighted by atomic mass is 16.2. The van der Waals surface area contributed by atoms with Gasteiger partial charge in [-0.1, -0.05) is 51.1 Å². The van der Waals surface area contributed by atoms with E-state index in [0.29, 0.717) is 13.1 Å². The average Bonchev–Trinajstić information content (AvgIpc) is 2.50. The van der Waals surface area contributed by atoms with Gasteiger partial charge in [-0.05, 0) is 25.1 Å². The van der Waals surface area contributed by atoms with Crippen molar-refractivity contribution in [3.63, 3.8) is 0 Å². The predicted molar refractivity (Wildman–Crippen MR) is 83.8 cm³/mol. The van der Waals surface area contributed by atoms with Crippen molar-refractivity contribution >= 4 is 6.03 Å². The largest absolute Gasteiger partial charge is 0.338 e. The third kappa shape index (κ3) is 5.21. The highest BCUT2D eigenvalue weighted by Crippen LogP contribution is 2.19. The molecule has 0 aliphatic carbocycles. The highest BCUT2D eigenvalue weighted by molar-refractivity contribution is 5.73. The first-order valence-electron chi connectivity index (χ1n) is 7.53. The standard InChI is InChI=1S/C16H27N3O/c1-4-12-17-16(20)18-13-15(19(5-2)6-3)14-10-8-7-9-11-14/h7-11,15H,4-6,12-13H2,1-3H3,(H2,17,18,20). The molecule has 2 amide bonds. The normalized spacial score (nSPS) is 12.2. The number of nitrogens with zero attached hydrogens (tertiary/aromatic N) is 1. The lowest BCUT2D eigenvalue weighted by molar-refractivity contribution is 0.206. The lowest BCUT2D eigenvalue weighted by atomic mass is 10.1. The molecule has 0 aliphatic heterocycles. The average molecular weight is 277 g/mol. The number of hydrogen-bond donors (Lipinski definition) is 2. The minimum absolute atomic E-state index is 0.0834. The molecule has 0 bridgehead atoms. The van der Waals surface area contributed by atoms with Gasteiger partial charge in [0.2, 0.25) is 0 Å². The van der Waals surface area contributed by atoms with E-state index in [-0.39, 0.29) is 12.1 Å². The lowest BCUT2D eigenvalue weighted by Crippen LogP contribution is -2.42. The van der Waals surface area contributed by atoms with Crippen LogP contribution in [0.5, 0.6) is 0 Å². The molecule has 1 unspecified atom stereocenters. The predicted octanol–water partition coefficient (Wildman–Crippen LogP) is 2.78. The molecule has 20 heavy (non-hydrogen) atoms. The Morgan fingerprint density at radius 3 is 2.30 bits per heavy atom. The number of benzene rings is 1. The minimum atomic E-state index is -0.0834. The van der Waals surface area contributed by atoms with Crippen LogP contribution >= 0.6 is 0 Å². The molecule has 4 nitrogen and oxygen atoms in total. The maximum absolute atomic E-state index is 11.7. The molecule has 1 aromatic carbocycles. The Morgan fingerprint density at radius 1 is 1.10 bits per heavy atom. The van der Waals surface area contributed by atoms with E-state index >= 15 is 0 Å². The van der Waals surface area contributed by atoms with Crippen molar-refractivity contribution in [1.29, 1.82) is 0 Å². The molecule has 0 aliphatic rings. The maximum atomic E-state index is 11.7. The summed E-state index contributed by atoms with van der Waals surface area (Å²) in [7, 11) is 0. The molecule has 1 rings (SSSR count). The molecule has 0 saturated carbocycles. The zero-order valence-electron chi connectivity index (χ0n) is 12.9. The summed E-state index contributed by atoms with van der Waals surface area (Å²) in [6.45, 7) is 9.62. The van der Waals surface area contributed by atoms with Crippen LogP contribution in [0.25, 0.3) is 0 Å². The number of carbonyl (C=O) groups excluding carboxylic acids is 1. The molecular weight excluding hydrogens is 250 g/mol. The van der Waals surface area contributed by atoms with Gasteiger partial charge in [-0.3, -0.25) is 4.90 Å². The van der Waals surface area contributed by atoms with Gasteiger partial charge in [0.25, 0.3) is 0 Å². The summed E-state index contributed by atoms with van der Waals surface area (Å²) in [5.41, 5.74) is 1.24. The Bertz CT molecular complexity index is 377. The smallest absolute Gasteiger partial charge is 0.314 e. The molecule has 0 heterocycles. The van der Waals surface area contributed by atoms with Crippen molar-refractivity contribution in [1.82, 2.24) is 15.5 Å². The second-order valence-corrected chi connectivity index (χ2v) is 4.78. The first-order valence-corrected chi connectivity index (χ1v) is 7.53. The van der Waals surface area contributed by atoms with Crippen LogP contribution in [0.1, 0.15) is 38.8 Å². The molecule has 0 saturated heterocycles. The van der Waals surface area contributed by atoms with Crippen molar-refractivity contribution in [3.05, 3.63) is 35.9 Å². The third-order valence-corrected chi connectivity index (χ3v) is 3.43. The SMILES string of the molecule is CCCNC(=O)NCC(c1ccccc1)N(CC)CC. The van der Waals surface area contributed by atoms with Crippen LogP contribution in [0.4, 0.5) is 4.79 Å². The van der Waals surface area contributed by atoms with E-state index in [9.17, 15) is 4.79 Å². The van der Waals surface area contributed by atoms with E-state index in [4.69, 9.17) is 0 Å². The number of nitrogens with one attached hydrogen (secondary N) is 2. The summed E-state index contributed by atoms with van der Waals surface area (Å²) in [5.74, 6) is 0. The Morgan fingerprint density at radius 2 is 1.75 bits per heavy atom. The molecule has 0 radical (unpaired) electrons. The first kappa shape index (κ1) is 16.5. The van der Waals surface area contributed by atoms with Gasteiger partial charge in [-0.15, -0.1) is 0 Å². The van der Waals surface area contributed by atoms with Gasteiger partial charge in [-0.2, -0.15) is 0 Å². The third-order valence-electron chi connectivity index (χ3n) is 3.43. The Balaban J connectivity index is 2.66. The summed E-state index contributed by atoms with van der Waals surface area (Å²) in [4.78, 5) is 14.1. The van der Waals surface area contributed by atoms with E-state index in [0.717, 1.165) is 19.5 Å². The van der Waals surface area contributed by atoms with E-state index in [1.165, 1.54) is 5.56 Å². The number of amides is 2. The minimum Gasteiger partial charge on any atom is -0.338 e. The zero-order valence-corrected chi connectivity index (χ0v) is 12.9. The zero-order chi connectivity index (χ0) is 14.8. The van der Waals surface area contributed by atoms with Crippen molar-refractivity contribution in [2.45, 2.75) is 33.2 Å². The van der Waals surface area contributed by atoms with Crippen LogP contribution in [0.3, 0.4) is 0 Å². The lowest BCUT2D eigenvalue weighted by Gasteiger charge is -2.30. The molecule has 2 N–H and O–H groups in total. The topological polar surface area (TPSA) is 44.4 Å². The molecule has 4 heteroatoms. The van der Waals surface area contributed by atoms with Crippen LogP contribution in [-0.2, 0) is 0 Å². The van der Waals surface area contributed by atoms with Crippen molar-refractivity contribution in [2.75, 3.05) is 26.2 Å². The van der Waals surface area contributed by atoms with Gasteiger partial charge < -0.3 is 10.6 Å². The van der Waals surface area contributed by atoms with E-state index in [1.54, 1.807) is 0 Å². The van der Waals surface area contributed by atoms with Gasteiger partial charge in [-0.25, -0.2) is 4.79 Å². The quantitative estimate of drug-likeness (QED) is 0.767. The maximum Gasteiger partial charge on any atom is 0.314 e. The van der Waals surface area contributed by atoms with Gasteiger partial charge in [0.15, 0.2) is 0 Å². The first-order chi connectivity index (χ1) is 9.72. The fourth-order valence-corrected chi connectivity index (χ4v) is 2.29. The second kappa shape index (κ2) is 9.37. The van der Waals surface area contributed by atoms with Crippen LogP contribution in [0.2, 0.25) is 0 Å². The van der Waals surface area contributed by atoms with Gasteiger partial charge >= 0.3 is 6.03 Å². The number of urea groups is 1. The number of hydrogen-bond acceptors (Lipinski definition) is 2. The monoisotopic (exact) mass is 277 g/mol. The van der Waals surface area contributed by atoms with Crippen LogP contribution in [0.15, 0.2) is 30.3 Å². The summed E-state index contributed by atoms with van der Waals surface area (Å²) in [6, 6.07) is 10.5. The van der Waals surface area contributed by atoms with Crippen LogP contribution in [-0.4, -0.2) is 37.1 Å². The number of likely N-dealkylation sites (N-methyl/N-ethyl adjacent to an activating group) is 1. The summed E-state index contributed by atoms with van der Waals surface area (Å²) in [5, 5.41) is 5.82. The van der Waals surface area contributed by atoms with E-state index < -0.39 is 0 Å². The van der Waals surface area contributed by atoms with Crippen molar-refractivity contribution < 1.29 is 4.79 Å². The molecule has 1 aromatic rings. The van der Waals surface area contributed by atoms with Crippen molar-refractivity contribution in [3.8, 4) is 0 Å². The van der Waals surface area contributed by atoms with Crippen LogP contribution < -0.4 is 10.6 Å². The second-order valence-electron chi connectivity index (χ2n) is 4.78. The molecule has 112 valence electrons. The molecule has 0 fully saturated rings. The number of carbonyl (C=O) groups is 1. The molecule has 1 atom stereocenters. The molecule has 0 spiro atoms. The summed E-state index contributed by atoms with van der Waals surface area (Å²) >= 11 is 0. The molecular formula is C16H27N3O. The Hall–Kier alpha value is -1.55. The van der Waals surface area contributed by atoms with Gasteiger partial charge in [0.1, 0.15) is 0 Å². The number of rotatable bonds is 8. The highest BCUT2D eigenvalue weighted by Gasteiger charge is 2.18. The van der Waals surface area contributed by atoms with Gasteiger partial charge in [0, 0.05) is 13.1 Å². The van der Waals surface area contributed by atoms with E-state index in [2.05, 4.69) is 41.5 Å². The van der Waals surface area contributed by atoms with Gasteiger partial charge in [0.05, 0.1) is 6.04 Å². The summed E-state index contributed by atoms with van der Waals surface area (Å²) in [6.07, 6.45) is 0.950. The Labute approximate surface area is 122 Å². The van der Waals surface area contributed by atoms with Crippen LogP contribution in [0, 0.1) is 0 Å².